The smallest absolute Gasteiger partial charge is 0.0769 e. The molecule has 0 aromatic carbocycles. The first-order valence-electron chi connectivity index (χ1n) is 6.38. The number of hydrogen-bond donors (Lipinski definition) is 1. The van der Waals surface area contributed by atoms with Crippen molar-refractivity contribution in [2.75, 3.05) is 13.1 Å². The first-order chi connectivity index (χ1) is 7.39. The summed E-state index contributed by atoms with van der Waals surface area (Å²) < 4.78 is 0. The highest BCUT2D eigenvalue weighted by atomic mass is 15.3. The van der Waals surface area contributed by atoms with Crippen LogP contribution in [0, 0.1) is 18.3 Å². The van der Waals surface area contributed by atoms with Crippen molar-refractivity contribution in [3.63, 3.8) is 0 Å². The van der Waals surface area contributed by atoms with Gasteiger partial charge in [0.2, 0.25) is 0 Å². The van der Waals surface area contributed by atoms with Gasteiger partial charge in [0.05, 0.1) is 5.54 Å². The molecule has 1 saturated carbocycles. The molecule has 1 aliphatic carbocycles. The van der Waals surface area contributed by atoms with Crippen molar-refractivity contribution in [2.45, 2.75) is 57.7 Å². The molecule has 2 heteroatoms. The lowest BCUT2D eigenvalue weighted by Crippen LogP contribution is -2.67. The van der Waals surface area contributed by atoms with Crippen LogP contribution in [0.1, 0.15) is 40.5 Å². The third-order valence-corrected chi connectivity index (χ3v) is 4.38. The van der Waals surface area contributed by atoms with Crippen LogP contribution < -0.4 is 5.32 Å². The number of piperazine rings is 1. The molecular formula is C14H24N2. The SMILES string of the molecule is C#CC(C)(C)N1CC(C)(C2CC2)NCC1C. The molecule has 0 spiro atoms. The van der Waals surface area contributed by atoms with E-state index in [9.17, 15) is 0 Å². The molecule has 16 heavy (non-hydrogen) atoms. The van der Waals surface area contributed by atoms with Crippen molar-refractivity contribution in [2.24, 2.45) is 5.92 Å². The Morgan fingerprint density at radius 1 is 1.44 bits per heavy atom. The van der Waals surface area contributed by atoms with Gasteiger partial charge in [-0.05, 0) is 46.5 Å². The minimum Gasteiger partial charge on any atom is -0.308 e. The molecule has 0 aromatic heterocycles. The van der Waals surface area contributed by atoms with Gasteiger partial charge >= 0.3 is 0 Å². The normalized spacial score (nSPS) is 37.1. The predicted octanol–water partition coefficient (Wildman–Crippen LogP) is 1.86. The molecule has 0 amide bonds. The molecule has 0 radical (unpaired) electrons. The second-order valence-electron chi connectivity index (χ2n) is 6.25. The fourth-order valence-electron chi connectivity index (χ4n) is 2.88. The first kappa shape index (κ1) is 12.0. The maximum absolute atomic E-state index is 5.67. The molecule has 0 bridgehead atoms. The van der Waals surface area contributed by atoms with E-state index in [0.717, 1.165) is 19.0 Å². The lowest BCUT2D eigenvalue weighted by Gasteiger charge is -2.50. The average molecular weight is 220 g/mol. The van der Waals surface area contributed by atoms with Gasteiger partial charge in [0.15, 0.2) is 0 Å². The molecule has 90 valence electrons. The van der Waals surface area contributed by atoms with Crippen molar-refractivity contribution in [1.29, 1.82) is 0 Å². The summed E-state index contributed by atoms with van der Waals surface area (Å²) in [4.78, 5) is 2.49. The molecule has 1 N–H and O–H groups in total. The van der Waals surface area contributed by atoms with Gasteiger partial charge in [0.25, 0.3) is 0 Å². The van der Waals surface area contributed by atoms with Crippen LogP contribution in [0.3, 0.4) is 0 Å². The average Bonchev–Trinajstić information content (AvgIpc) is 3.05. The van der Waals surface area contributed by atoms with E-state index in [-0.39, 0.29) is 11.1 Å². The molecule has 0 aromatic rings. The predicted molar refractivity (Wildman–Crippen MR) is 68.2 cm³/mol. The number of rotatable bonds is 2. The fourth-order valence-corrected chi connectivity index (χ4v) is 2.88. The summed E-state index contributed by atoms with van der Waals surface area (Å²) >= 11 is 0. The van der Waals surface area contributed by atoms with Gasteiger partial charge < -0.3 is 5.32 Å². The third-order valence-electron chi connectivity index (χ3n) is 4.38. The molecule has 1 aliphatic heterocycles. The van der Waals surface area contributed by atoms with Crippen molar-refractivity contribution >= 4 is 0 Å². The number of hydrogen-bond acceptors (Lipinski definition) is 2. The molecule has 2 nitrogen and oxygen atoms in total. The minimum atomic E-state index is -0.127. The summed E-state index contributed by atoms with van der Waals surface area (Å²) in [6.07, 6.45) is 8.42. The molecule has 2 unspecified atom stereocenters. The van der Waals surface area contributed by atoms with E-state index >= 15 is 0 Å². The van der Waals surface area contributed by atoms with Crippen molar-refractivity contribution in [3.05, 3.63) is 0 Å². The number of nitrogens with one attached hydrogen (secondary N) is 1. The van der Waals surface area contributed by atoms with E-state index in [1.807, 2.05) is 0 Å². The van der Waals surface area contributed by atoms with Crippen LogP contribution in [0.5, 0.6) is 0 Å². The topological polar surface area (TPSA) is 15.3 Å². The summed E-state index contributed by atoms with van der Waals surface area (Å²) in [6.45, 7) is 11.1. The zero-order valence-corrected chi connectivity index (χ0v) is 11.0. The minimum absolute atomic E-state index is 0.127. The standard InChI is InChI=1S/C14H24N2/c1-6-13(3,4)16-10-14(5,12-7-8-12)15-9-11(16)2/h1,11-12,15H,7-10H2,2-5H3. The quantitative estimate of drug-likeness (QED) is 0.715. The maximum atomic E-state index is 5.67. The Labute approximate surface area is 99.8 Å². The van der Waals surface area contributed by atoms with Gasteiger partial charge in [0.1, 0.15) is 0 Å². The Morgan fingerprint density at radius 2 is 2.06 bits per heavy atom. The highest BCUT2D eigenvalue weighted by Crippen LogP contribution is 2.42. The van der Waals surface area contributed by atoms with Crippen LogP contribution in [-0.4, -0.2) is 35.1 Å². The Bertz CT molecular complexity index is 311. The van der Waals surface area contributed by atoms with E-state index in [2.05, 4.69) is 43.8 Å². The number of terminal acetylenes is 1. The first-order valence-corrected chi connectivity index (χ1v) is 6.38. The van der Waals surface area contributed by atoms with E-state index in [0.29, 0.717) is 6.04 Å². The van der Waals surface area contributed by atoms with Crippen LogP contribution in [0.15, 0.2) is 0 Å². The zero-order valence-electron chi connectivity index (χ0n) is 11.0. The van der Waals surface area contributed by atoms with Gasteiger partial charge in [-0.1, -0.05) is 5.92 Å². The highest BCUT2D eigenvalue weighted by Gasteiger charge is 2.47. The van der Waals surface area contributed by atoms with E-state index < -0.39 is 0 Å². The summed E-state index contributed by atoms with van der Waals surface area (Å²) in [5, 5.41) is 3.72. The summed E-state index contributed by atoms with van der Waals surface area (Å²) in [6, 6.07) is 0.526. The van der Waals surface area contributed by atoms with Crippen LogP contribution in [-0.2, 0) is 0 Å². The van der Waals surface area contributed by atoms with Crippen molar-refractivity contribution in [3.8, 4) is 12.3 Å². The lowest BCUT2D eigenvalue weighted by atomic mass is 9.87. The molecule has 1 heterocycles. The lowest BCUT2D eigenvalue weighted by molar-refractivity contribution is 0.0313. The Kier molecular flexibility index (Phi) is 2.80. The number of nitrogens with zero attached hydrogens (tertiary/aromatic N) is 1. The molecular weight excluding hydrogens is 196 g/mol. The third kappa shape index (κ3) is 1.99. The Morgan fingerprint density at radius 3 is 2.56 bits per heavy atom. The van der Waals surface area contributed by atoms with E-state index in [1.54, 1.807) is 0 Å². The molecule has 2 rings (SSSR count). The largest absolute Gasteiger partial charge is 0.308 e. The van der Waals surface area contributed by atoms with Gasteiger partial charge in [-0.15, -0.1) is 6.42 Å². The van der Waals surface area contributed by atoms with Crippen molar-refractivity contribution < 1.29 is 0 Å². The second-order valence-corrected chi connectivity index (χ2v) is 6.25. The summed E-state index contributed by atoms with van der Waals surface area (Å²) in [5.41, 5.74) is 0.151. The molecule has 2 atom stereocenters. The maximum Gasteiger partial charge on any atom is 0.0769 e. The van der Waals surface area contributed by atoms with E-state index in [1.165, 1.54) is 12.8 Å². The summed E-state index contributed by atoms with van der Waals surface area (Å²) in [5.74, 6) is 3.79. The van der Waals surface area contributed by atoms with Gasteiger partial charge in [-0.3, -0.25) is 4.90 Å². The Hall–Kier alpha value is -0.520. The van der Waals surface area contributed by atoms with Crippen LogP contribution >= 0.6 is 0 Å². The highest BCUT2D eigenvalue weighted by molar-refractivity contribution is 5.14. The fraction of sp³-hybridized carbons (Fsp3) is 0.857. The zero-order chi connectivity index (χ0) is 12.0. The van der Waals surface area contributed by atoms with Crippen molar-refractivity contribution in [1.82, 2.24) is 10.2 Å². The monoisotopic (exact) mass is 220 g/mol. The molecule has 2 aliphatic rings. The Balaban J connectivity index is 2.15. The van der Waals surface area contributed by atoms with Gasteiger partial charge in [0, 0.05) is 24.7 Å². The summed E-state index contributed by atoms with van der Waals surface area (Å²) in [7, 11) is 0. The van der Waals surface area contributed by atoms with Crippen LogP contribution in [0.2, 0.25) is 0 Å². The van der Waals surface area contributed by atoms with Crippen LogP contribution in [0.4, 0.5) is 0 Å². The van der Waals surface area contributed by atoms with Gasteiger partial charge in [-0.25, -0.2) is 0 Å². The molecule has 1 saturated heterocycles. The molecule has 2 fully saturated rings. The van der Waals surface area contributed by atoms with Gasteiger partial charge in [-0.2, -0.15) is 0 Å². The van der Waals surface area contributed by atoms with E-state index in [4.69, 9.17) is 6.42 Å². The second kappa shape index (κ2) is 3.75. The van der Waals surface area contributed by atoms with Crippen LogP contribution in [0.25, 0.3) is 0 Å².